The number of pyridine rings is 1. The molecule has 0 amide bonds. The zero-order valence-corrected chi connectivity index (χ0v) is 7.53. The Bertz CT molecular complexity index is 304. The monoisotopic (exact) mass is 183 g/mol. The average Bonchev–Trinajstić information content (AvgIpc) is 2.02. The van der Waals surface area contributed by atoms with Gasteiger partial charge >= 0.3 is 7.12 Å². The van der Waals surface area contributed by atoms with Gasteiger partial charge in [0.25, 0.3) is 0 Å². The summed E-state index contributed by atoms with van der Waals surface area (Å²) in [7, 11) is -1.80. The molecule has 0 bridgehead atoms. The van der Waals surface area contributed by atoms with Crippen molar-refractivity contribution in [2.45, 2.75) is 19.8 Å². The average molecular weight is 183 g/mol. The molecule has 1 heterocycles. The van der Waals surface area contributed by atoms with Gasteiger partial charge in [-0.1, -0.05) is 13.8 Å². The number of halogens is 1. The maximum absolute atomic E-state index is 13.1. The summed E-state index contributed by atoms with van der Waals surface area (Å²) in [5.41, 5.74) is 0.257. The SMILES string of the molecule is CC(C)c1nccc(F)c1B(O)O. The van der Waals surface area contributed by atoms with Crippen molar-refractivity contribution < 1.29 is 14.4 Å². The van der Waals surface area contributed by atoms with Gasteiger partial charge in [-0.05, 0) is 12.0 Å². The molecule has 0 aromatic carbocycles. The highest BCUT2D eigenvalue weighted by Gasteiger charge is 2.23. The summed E-state index contributed by atoms with van der Waals surface area (Å²) in [4.78, 5) is 3.90. The highest BCUT2D eigenvalue weighted by molar-refractivity contribution is 6.59. The number of hydrogen-bond donors (Lipinski definition) is 2. The van der Waals surface area contributed by atoms with Crippen molar-refractivity contribution in [1.29, 1.82) is 0 Å². The van der Waals surface area contributed by atoms with E-state index >= 15 is 0 Å². The second-order valence-electron chi connectivity index (χ2n) is 3.12. The van der Waals surface area contributed by atoms with Gasteiger partial charge in [0, 0.05) is 17.4 Å². The first-order valence-corrected chi connectivity index (χ1v) is 4.04. The van der Waals surface area contributed by atoms with E-state index in [1.54, 1.807) is 0 Å². The van der Waals surface area contributed by atoms with E-state index in [1.807, 2.05) is 13.8 Å². The van der Waals surface area contributed by atoms with Crippen molar-refractivity contribution in [2.24, 2.45) is 0 Å². The van der Waals surface area contributed by atoms with Crippen LogP contribution in [0.15, 0.2) is 12.3 Å². The van der Waals surface area contributed by atoms with Crippen LogP contribution in [0.1, 0.15) is 25.5 Å². The molecule has 0 radical (unpaired) electrons. The Morgan fingerprint density at radius 1 is 1.46 bits per heavy atom. The van der Waals surface area contributed by atoms with Gasteiger partial charge in [-0.25, -0.2) is 4.39 Å². The molecular weight excluding hydrogens is 172 g/mol. The number of hydrogen-bond acceptors (Lipinski definition) is 3. The molecule has 0 aliphatic heterocycles. The summed E-state index contributed by atoms with van der Waals surface area (Å²) < 4.78 is 13.1. The van der Waals surface area contributed by atoms with E-state index in [0.29, 0.717) is 5.69 Å². The van der Waals surface area contributed by atoms with Crippen molar-refractivity contribution in [3.05, 3.63) is 23.8 Å². The summed E-state index contributed by atoms with van der Waals surface area (Å²) in [5.74, 6) is -0.666. The predicted octanol–water partition coefficient (Wildman–Crippen LogP) is 0.0239. The highest BCUT2D eigenvalue weighted by Crippen LogP contribution is 2.10. The van der Waals surface area contributed by atoms with Crippen molar-refractivity contribution in [3.8, 4) is 0 Å². The van der Waals surface area contributed by atoms with Crippen LogP contribution >= 0.6 is 0 Å². The predicted molar refractivity (Wildman–Crippen MR) is 48.1 cm³/mol. The van der Waals surface area contributed by atoms with Gasteiger partial charge in [0.2, 0.25) is 0 Å². The smallest absolute Gasteiger partial charge is 0.423 e. The minimum atomic E-state index is -1.80. The molecule has 0 saturated carbocycles. The minimum Gasteiger partial charge on any atom is -0.423 e. The van der Waals surface area contributed by atoms with Gasteiger partial charge < -0.3 is 10.0 Å². The highest BCUT2D eigenvalue weighted by atomic mass is 19.1. The molecule has 0 fully saturated rings. The molecule has 2 N–H and O–H groups in total. The van der Waals surface area contributed by atoms with Crippen LogP contribution in [0, 0.1) is 5.82 Å². The fourth-order valence-corrected chi connectivity index (χ4v) is 1.18. The van der Waals surface area contributed by atoms with E-state index in [2.05, 4.69) is 4.98 Å². The Morgan fingerprint density at radius 2 is 2.08 bits per heavy atom. The summed E-state index contributed by atoms with van der Waals surface area (Å²) in [5, 5.41) is 17.8. The molecule has 0 unspecified atom stereocenters. The first-order valence-electron chi connectivity index (χ1n) is 4.04. The third-order valence-corrected chi connectivity index (χ3v) is 1.77. The third-order valence-electron chi connectivity index (χ3n) is 1.77. The van der Waals surface area contributed by atoms with Crippen molar-refractivity contribution >= 4 is 12.6 Å². The van der Waals surface area contributed by atoms with Crippen molar-refractivity contribution in [2.75, 3.05) is 0 Å². The molecule has 0 spiro atoms. The standard InChI is InChI=1S/C8H11BFNO2/c1-5(2)8-7(9(12)13)6(10)3-4-11-8/h3-5,12-13H,1-2H3. The second-order valence-corrected chi connectivity index (χ2v) is 3.12. The van der Waals surface area contributed by atoms with Crippen LogP contribution in [0.5, 0.6) is 0 Å². The molecule has 3 nitrogen and oxygen atoms in total. The Kier molecular flexibility index (Phi) is 3.00. The van der Waals surface area contributed by atoms with Crippen LogP contribution in [0.25, 0.3) is 0 Å². The first kappa shape index (κ1) is 10.1. The van der Waals surface area contributed by atoms with Crippen LogP contribution in [0.2, 0.25) is 0 Å². The molecule has 1 rings (SSSR count). The topological polar surface area (TPSA) is 53.4 Å². The Hall–Kier alpha value is -0.935. The van der Waals surface area contributed by atoms with Crippen LogP contribution in [0.4, 0.5) is 4.39 Å². The molecule has 13 heavy (non-hydrogen) atoms. The van der Waals surface area contributed by atoms with Gasteiger partial charge in [0.1, 0.15) is 5.82 Å². The molecule has 0 saturated heterocycles. The Balaban J connectivity index is 3.26. The van der Waals surface area contributed by atoms with E-state index in [0.717, 1.165) is 6.07 Å². The van der Waals surface area contributed by atoms with Gasteiger partial charge in [-0.2, -0.15) is 0 Å². The fraction of sp³-hybridized carbons (Fsp3) is 0.375. The van der Waals surface area contributed by atoms with E-state index < -0.39 is 12.9 Å². The van der Waals surface area contributed by atoms with Crippen LogP contribution in [-0.2, 0) is 0 Å². The summed E-state index contributed by atoms with van der Waals surface area (Å²) >= 11 is 0. The lowest BCUT2D eigenvalue weighted by Crippen LogP contribution is -2.37. The fourth-order valence-electron chi connectivity index (χ4n) is 1.18. The largest absolute Gasteiger partial charge is 0.493 e. The second kappa shape index (κ2) is 3.85. The van der Waals surface area contributed by atoms with Crippen LogP contribution in [-0.4, -0.2) is 22.2 Å². The van der Waals surface area contributed by atoms with Crippen molar-refractivity contribution in [1.82, 2.24) is 4.98 Å². The molecule has 1 aromatic rings. The van der Waals surface area contributed by atoms with E-state index in [4.69, 9.17) is 10.0 Å². The Labute approximate surface area is 76.4 Å². The maximum Gasteiger partial charge on any atom is 0.493 e. The zero-order chi connectivity index (χ0) is 10.0. The summed E-state index contributed by atoms with van der Waals surface area (Å²) in [6.07, 6.45) is 1.32. The lowest BCUT2D eigenvalue weighted by atomic mass is 9.76. The van der Waals surface area contributed by atoms with Gasteiger partial charge in [-0.15, -0.1) is 0 Å². The normalized spacial score (nSPS) is 10.6. The van der Waals surface area contributed by atoms with Crippen LogP contribution < -0.4 is 5.46 Å². The van der Waals surface area contributed by atoms with Gasteiger partial charge in [0.15, 0.2) is 0 Å². The zero-order valence-electron chi connectivity index (χ0n) is 7.53. The molecule has 0 aliphatic carbocycles. The number of rotatable bonds is 2. The molecule has 1 aromatic heterocycles. The lowest BCUT2D eigenvalue weighted by Gasteiger charge is -2.10. The van der Waals surface area contributed by atoms with Gasteiger partial charge in [-0.3, -0.25) is 4.98 Å². The molecule has 0 aliphatic rings. The maximum atomic E-state index is 13.1. The number of nitrogens with zero attached hydrogens (tertiary/aromatic N) is 1. The van der Waals surface area contributed by atoms with E-state index in [9.17, 15) is 4.39 Å². The quantitative estimate of drug-likeness (QED) is 0.635. The molecule has 5 heteroatoms. The molecular formula is C8H11BFNO2. The van der Waals surface area contributed by atoms with Gasteiger partial charge in [0.05, 0.1) is 0 Å². The Morgan fingerprint density at radius 3 is 2.46 bits per heavy atom. The van der Waals surface area contributed by atoms with E-state index in [1.165, 1.54) is 6.20 Å². The molecule has 0 atom stereocenters. The third kappa shape index (κ3) is 2.05. The first-order chi connectivity index (χ1) is 6.04. The lowest BCUT2D eigenvalue weighted by molar-refractivity contribution is 0.421. The van der Waals surface area contributed by atoms with Crippen LogP contribution in [0.3, 0.4) is 0 Å². The molecule has 70 valence electrons. The number of aromatic nitrogens is 1. The summed E-state index contributed by atoms with van der Waals surface area (Å²) in [6, 6.07) is 1.11. The minimum absolute atomic E-state index is 0.0347. The van der Waals surface area contributed by atoms with E-state index in [-0.39, 0.29) is 11.4 Å². The summed E-state index contributed by atoms with van der Waals surface area (Å²) in [6.45, 7) is 3.63. The van der Waals surface area contributed by atoms with Crippen molar-refractivity contribution in [3.63, 3.8) is 0 Å².